The fraction of sp³-hybridized carbons (Fsp3) is 0.533. The summed E-state index contributed by atoms with van der Waals surface area (Å²) in [6.07, 6.45) is 2.03. The zero-order chi connectivity index (χ0) is 15.4. The molecule has 0 saturated heterocycles. The predicted octanol–water partition coefficient (Wildman–Crippen LogP) is 2.22. The van der Waals surface area contributed by atoms with Gasteiger partial charge in [0.05, 0.1) is 11.0 Å². The average Bonchev–Trinajstić information content (AvgIpc) is 2.89. The topological polar surface area (TPSA) is 75.5 Å². The summed E-state index contributed by atoms with van der Waals surface area (Å²) in [5, 5.41) is 13.7. The maximum absolute atomic E-state index is 12.1. The van der Waals surface area contributed by atoms with E-state index in [-0.39, 0.29) is 22.6 Å². The molecular weight excluding hydrogens is 270 g/mol. The summed E-state index contributed by atoms with van der Waals surface area (Å²) < 4.78 is 0. The number of carbonyl (C=O) groups excluding carboxylic acids is 1. The Morgan fingerprint density at radius 2 is 2.14 bits per heavy atom. The Kier molecular flexibility index (Phi) is 4.90. The van der Waals surface area contributed by atoms with Gasteiger partial charge in [-0.2, -0.15) is 0 Å². The van der Waals surface area contributed by atoms with Crippen molar-refractivity contribution in [3.05, 3.63) is 39.4 Å². The molecule has 1 aliphatic rings. The van der Waals surface area contributed by atoms with Gasteiger partial charge in [-0.25, -0.2) is 0 Å². The molecular formula is C15H21N3O3. The maximum Gasteiger partial charge on any atom is 0.269 e. The Hall–Kier alpha value is -1.95. The van der Waals surface area contributed by atoms with Crippen molar-refractivity contribution in [1.29, 1.82) is 0 Å². The third-order valence-electron chi connectivity index (χ3n) is 3.90. The molecule has 1 aromatic carbocycles. The van der Waals surface area contributed by atoms with Gasteiger partial charge in [-0.15, -0.1) is 0 Å². The molecule has 1 heterocycles. The van der Waals surface area contributed by atoms with Crippen LogP contribution in [-0.2, 0) is 17.9 Å². The molecule has 1 atom stereocenters. The highest BCUT2D eigenvalue weighted by atomic mass is 16.6. The number of non-ortho nitro benzene ring substituents is 1. The number of rotatable bonds is 6. The van der Waals surface area contributed by atoms with E-state index in [1.807, 2.05) is 11.8 Å². The number of unbranched alkanes of at least 4 members (excludes halogenated alkanes) is 1. The number of nitrogens with one attached hydrogen (secondary N) is 1. The Balaban J connectivity index is 1.98. The summed E-state index contributed by atoms with van der Waals surface area (Å²) >= 11 is 0. The molecule has 21 heavy (non-hydrogen) atoms. The van der Waals surface area contributed by atoms with Crippen LogP contribution in [0.5, 0.6) is 0 Å². The first kappa shape index (κ1) is 15.4. The van der Waals surface area contributed by atoms with Crippen molar-refractivity contribution in [2.75, 3.05) is 6.54 Å². The van der Waals surface area contributed by atoms with Gasteiger partial charge in [-0.3, -0.25) is 19.8 Å². The highest BCUT2D eigenvalue weighted by Crippen LogP contribution is 2.27. The van der Waals surface area contributed by atoms with E-state index >= 15 is 0 Å². The Labute approximate surface area is 124 Å². The van der Waals surface area contributed by atoms with Crippen LogP contribution in [0.1, 0.15) is 37.8 Å². The van der Waals surface area contributed by atoms with Crippen LogP contribution >= 0.6 is 0 Å². The monoisotopic (exact) mass is 291 g/mol. The standard InChI is InChI=1S/C15H21N3O3/c1-3-4-7-16-15(19)11(2)17-9-12-5-6-14(18(20)21)8-13(12)10-17/h5-6,8,11H,3-4,7,9-10H2,1-2H3,(H,16,19)/t11-/m1/s1. The van der Waals surface area contributed by atoms with Crippen molar-refractivity contribution in [2.24, 2.45) is 0 Å². The van der Waals surface area contributed by atoms with Crippen molar-refractivity contribution in [1.82, 2.24) is 10.2 Å². The molecule has 2 rings (SSSR count). The summed E-state index contributed by atoms with van der Waals surface area (Å²) in [4.78, 5) is 24.5. The molecule has 0 radical (unpaired) electrons. The summed E-state index contributed by atoms with van der Waals surface area (Å²) in [6.45, 7) is 5.90. The first-order valence-corrected chi connectivity index (χ1v) is 7.31. The third kappa shape index (κ3) is 3.58. The van der Waals surface area contributed by atoms with Crippen LogP contribution in [0.15, 0.2) is 18.2 Å². The third-order valence-corrected chi connectivity index (χ3v) is 3.90. The number of amides is 1. The SMILES string of the molecule is CCCCNC(=O)[C@@H](C)N1Cc2ccc([N+](=O)[O-])cc2C1. The van der Waals surface area contributed by atoms with Crippen molar-refractivity contribution in [3.63, 3.8) is 0 Å². The molecule has 1 aromatic rings. The molecule has 114 valence electrons. The molecule has 0 spiro atoms. The van der Waals surface area contributed by atoms with E-state index in [0.717, 1.165) is 24.0 Å². The highest BCUT2D eigenvalue weighted by Gasteiger charge is 2.28. The quantitative estimate of drug-likeness (QED) is 0.495. The predicted molar refractivity (Wildman–Crippen MR) is 79.7 cm³/mol. The first-order valence-electron chi connectivity index (χ1n) is 7.31. The minimum absolute atomic E-state index is 0.0192. The Morgan fingerprint density at radius 1 is 1.43 bits per heavy atom. The minimum atomic E-state index is -0.385. The van der Waals surface area contributed by atoms with Gasteiger partial charge in [-0.05, 0) is 24.5 Å². The van der Waals surface area contributed by atoms with Crippen LogP contribution in [0.3, 0.4) is 0 Å². The Bertz CT molecular complexity index is 545. The molecule has 0 fully saturated rings. The number of hydrogen-bond acceptors (Lipinski definition) is 4. The lowest BCUT2D eigenvalue weighted by atomic mass is 10.1. The van der Waals surface area contributed by atoms with Crippen LogP contribution in [0.4, 0.5) is 5.69 Å². The molecule has 1 aliphatic heterocycles. The smallest absolute Gasteiger partial charge is 0.269 e. The van der Waals surface area contributed by atoms with E-state index in [1.54, 1.807) is 12.1 Å². The van der Waals surface area contributed by atoms with Gasteiger partial charge >= 0.3 is 0 Å². The fourth-order valence-corrected chi connectivity index (χ4v) is 2.50. The van der Waals surface area contributed by atoms with Gasteiger partial charge < -0.3 is 5.32 Å². The van der Waals surface area contributed by atoms with Crippen LogP contribution in [0.25, 0.3) is 0 Å². The molecule has 0 unspecified atom stereocenters. The van der Waals surface area contributed by atoms with E-state index in [1.165, 1.54) is 6.07 Å². The minimum Gasteiger partial charge on any atom is -0.355 e. The van der Waals surface area contributed by atoms with E-state index < -0.39 is 0 Å². The molecule has 0 bridgehead atoms. The van der Waals surface area contributed by atoms with E-state index in [4.69, 9.17) is 0 Å². The number of benzene rings is 1. The normalized spacial score (nSPS) is 15.5. The highest BCUT2D eigenvalue weighted by molar-refractivity contribution is 5.81. The van der Waals surface area contributed by atoms with Gasteiger partial charge in [-0.1, -0.05) is 19.4 Å². The summed E-state index contributed by atoms with van der Waals surface area (Å²) in [5.41, 5.74) is 2.11. The zero-order valence-electron chi connectivity index (χ0n) is 12.5. The number of nitro groups is 1. The number of nitrogens with zero attached hydrogens (tertiary/aromatic N) is 2. The van der Waals surface area contributed by atoms with Gasteiger partial charge in [0.2, 0.25) is 5.91 Å². The zero-order valence-corrected chi connectivity index (χ0v) is 12.5. The van der Waals surface area contributed by atoms with E-state index in [0.29, 0.717) is 19.6 Å². The average molecular weight is 291 g/mol. The maximum atomic E-state index is 12.1. The lowest BCUT2D eigenvalue weighted by Crippen LogP contribution is -2.42. The summed E-state index contributed by atoms with van der Waals surface area (Å²) in [6, 6.07) is 4.69. The molecule has 6 heteroatoms. The second-order valence-electron chi connectivity index (χ2n) is 5.44. The molecule has 0 aromatic heterocycles. The van der Waals surface area contributed by atoms with E-state index in [9.17, 15) is 14.9 Å². The van der Waals surface area contributed by atoms with Crippen LogP contribution < -0.4 is 5.32 Å². The lowest BCUT2D eigenvalue weighted by Gasteiger charge is -2.22. The first-order chi connectivity index (χ1) is 10.0. The van der Waals surface area contributed by atoms with Crippen LogP contribution in [0, 0.1) is 10.1 Å². The second kappa shape index (κ2) is 6.67. The summed E-state index contributed by atoms with van der Waals surface area (Å²) in [5.74, 6) is 0.0192. The second-order valence-corrected chi connectivity index (χ2v) is 5.44. The summed E-state index contributed by atoms with van der Waals surface area (Å²) in [7, 11) is 0. The van der Waals surface area contributed by atoms with Gasteiger partial charge in [0.15, 0.2) is 0 Å². The fourth-order valence-electron chi connectivity index (χ4n) is 2.50. The number of fused-ring (bicyclic) bond motifs is 1. The molecule has 0 aliphatic carbocycles. The van der Waals surface area contributed by atoms with Crippen LogP contribution in [-0.4, -0.2) is 28.3 Å². The van der Waals surface area contributed by atoms with Crippen molar-refractivity contribution < 1.29 is 9.72 Å². The molecule has 0 saturated carbocycles. The number of hydrogen-bond donors (Lipinski definition) is 1. The van der Waals surface area contributed by atoms with Crippen molar-refractivity contribution in [3.8, 4) is 0 Å². The number of carbonyl (C=O) groups is 1. The Morgan fingerprint density at radius 3 is 2.81 bits per heavy atom. The van der Waals surface area contributed by atoms with Crippen LogP contribution in [0.2, 0.25) is 0 Å². The molecule has 1 amide bonds. The number of nitro benzene ring substituents is 1. The lowest BCUT2D eigenvalue weighted by molar-refractivity contribution is -0.384. The van der Waals surface area contributed by atoms with Crippen molar-refractivity contribution >= 4 is 11.6 Å². The largest absolute Gasteiger partial charge is 0.355 e. The van der Waals surface area contributed by atoms with Gasteiger partial charge in [0, 0.05) is 31.8 Å². The van der Waals surface area contributed by atoms with Gasteiger partial charge in [0.25, 0.3) is 5.69 Å². The molecule has 1 N–H and O–H groups in total. The van der Waals surface area contributed by atoms with Gasteiger partial charge in [0.1, 0.15) is 0 Å². The van der Waals surface area contributed by atoms with E-state index in [2.05, 4.69) is 12.2 Å². The van der Waals surface area contributed by atoms with Crippen molar-refractivity contribution in [2.45, 2.75) is 45.8 Å². The molecule has 6 nitrogen and oxygen atoms in total.